The van der Waals surface area contributed by atoms with Crippen LogP contribution in [0.5, 0.6) is 0 Å². The highest BCUT2D eigenvalue weighted by atomic mass is 35.5. The highest BCUT2D eigenvalue weighted by molar-refractivity contribution is 6.32. The number of hydrogen-bond acceptors (Lipinski definition) is 3. The van der Waals surface area contributed by atoms with Gasteiger partial charge in [-0.3, -0.25) is 4.40 Å². The number of nitrogens with zero attached hydrogens (tertiary/aromatic N) is 4. The van der Waals surface area contributed by atoms with Crippen LogP contribution in [0.2, 0.25) is 5.15 Å². The van der Waals surface area contributed by atoms with Crippen molar-refractivity contribution in [2.24, 2.45) is 5.92 Å². The third-order valence-corrected chi connectivity index (χ3v) is 4.13. The summed E-state index contributed by atoms with van der Waals surface area (Å²) in [6.07, 6.45) is 0.334. The van der Waals surface area contributed by atoms with Gasteiger partial charge in [-0.25, -0.2) is 4.98 Å². The van der Waals surface area contributed by atoms with Gasteiger partial charge in [0.05, 0.1) is 5.92 Å². The van der Waals surface area contributed by atoms with Crippen LogP contribution in [0.4, 0.5) is 13.2 Å². The lowest BCUT2D eigenvalue weighted by molar-refractivity contribution is -0.182. The van der Waals surface area contributed by atoms with Gasteiger partial charge in [0.1, 0.15) is 5.82 Å². The molecule has 1 fully saturated rings. The number of aromatic nitrogens is 4. The van der Waals surface area contributed by atoms with E-state index in [2.05, 4.69) is 15.2 Å². The number of halogens is 4. The average molecular weight is 305 g/mol. The molecule has 2 aromatic rings. The molecule has 1 saturated carbocycles. The van der Waals surface area contributed by atoms with Crippen LogP contribution >= 0.6 is 11.6 Å². The first-order valence-electron chi connectivity index (χ1n) is 6.38. The largest absolute Gasteiger partial charge is 0.391 e. The maximum Gasteiger partial charge on any atom is 0.391 e. The summed E-state index contributed by atoms with van der Waals surface area (Å²) in [5.74, 6) is -0.532. The van der Waals surface area contributed by atoms with Gasteiger partial charge in [-0.05, 0) is 25.7 Å². The van der Waals surface area contributed by atoms with Gasteiger partial charge in [0.25, 0.3) is 0 Å². The standard InChI is InChI=1S/C12H12ClF3N4/c13-9-11-19-18-10(20(11)6-5-17-9)7-1-3-8(4-2-7)12(14,15)16/h5-8H,1-4H2. The molecular formula is C12H12ClF3N4. The molecule has 0 unspecified atom stereocenters. The van der Waals surface area contributed by atoms with Crippen LogP contribution in [0.1, 0.15) is 37.4 Å². The third kappa shape index (κ3) is 2.34. The number of alkyl halides is 3. The minimum absolute atomic E-state index is 0.0120. The molecule has 3 rings (SSSR count). The van der Waals surface area contributed by atoms with Crippen molar-refractivity contribution in [3.05, 3.63) is 23.4 Å². The van der Waals surface area contributed by atoms with Crippen molar-refractivity contribution in [2.75, 3.05) is 0 Å². The SMILES string of the molecule is FC(F)(F)C1CCC(c2nnc3c(Cl)nccn23)CC1. The van der Waals surface area contributed by atoms with Crippen LogP contribution in [0.15, 0.2) is 12.4 Å². The van der Waals surface area contributed by atoms with Crippen LogP contribution in [0.3, 0.4) is 0 Å². The first-order valence-corrected chi connectivity index (χ1v) is 6.76. The Morgan fingerprint density at radius 1 is 1.15 bits per heavy atom. The number of fused-ring (bicyclic) bond motifs is 1. The van der Waals surface area contributed by atoms with Gasteiger partial charge in [0.2, 0.25) is 0 Å². The second-order valence-corrected chi connectivity index (χ2v) is 5.42. The van der Waals surface area contributed by atoms with Gasteiger partial charge in [-0.1, -0.05) is 11.6 Å². The quantitative estimate of drug-likeness (QED) is 0.808. The van der Waals surface area contributed by atoms with E-state index in [0.717, 1.165) is 0 Å². The van der Waals surface area contributed by atoms with Crippen LogP contribution < -0.4 is 0 Å². The summed E-state index contributed by atoms with van der Waals surface area (Å²) >= 11 is 5.91. The number of rotatable bonds is 1. The lowest BCUT2D eigenvalue weighted by Crippen LogP contribution is -2.27. The van der Waals surface area contributed by atoms with E-state index in [9.17, 15) is 13.2 Å². The van der Waals surface area contributed by atoms with Crippen molar-refractivity contribution in [3.8, 4) is 0 Å². The lowest BCUT2D eigenvalue weighted by Gasteiger charge is -2.28. The zero-order chi connectivity index (χ0) is 14.3. The molecule has 0 bridgehead atoms. The van der Waals surface area contributed by atoms with Crippen LogP contribution in [0, 0.1) is 5.92 Å². The van der Waals surface area contributed by atoms with Crippen molar-refractivity contribution >= 4 is 17.2 Å². The molecule has 0 aromatic carbocycles. The molecule has 8 heteroatoms. The van der Waals surface area contributed by atoms with E-state index >= 15 is 0 Å². The van der Waals surface area contributed by atoms with Crippen molar-refractivity contribution in [1.82, 2.24) is 19.6 Å². The van der Waals surface area contributed by atoms with Gasteiger partial charge < -0.3 is 0 Å². The van der Waals surface area contributed by atoms with Gasteiger partial charge in [0.15, 0.2) is 10.8 Å². The maximum atomic E-state index is 12.7. The molecule has 2 heterocycles. The van der Waals surface area contributed by atoms with E-state index in [1.54, 1.807) is 10.6 Å². The van der Waals surface area contributed by atoms with E-state index in [-0.39, 0.29) is 23.9 Å². The Kier molecular flexibility index (Phi) is 3.32. The molecule has 4 nitrogen and oxygen atoms in total. The molecule has 0 saturated heterocycles. The Labute approximate surface area is 118 Å². The third-order valence-electron chi connectivity index (χ3n) is 3.87. The molecule has 0 atom stereocenters. The minimum atomic E-state index is -4.09. The molecule has 0 radical (unpaired) electrons. The highest BCUT2D eigenvalue weighted by Gasteiger charge is 2.42. The van der Waals surface area contributed by atoms with Gasteiger partial charge >= 0.3 is 6.18 Å². The molecule has 1 aliphatic rings. The molecule has 0 N–H and O–H groups in total. The monoisotopic (exact) mass is 304 g/mol. The molecule has 0 spiro atoms. The first kappa shape index (κ1) is 13.6. The fourth-order valence-electron chi connectivity index (χ4n) is 2.77. The molecular weight excluding hydrogens is 293 g/mol. The zero-order valence-corrected chi connectivity index (χ0v) is 11.2. The van der Waals surface area contributed by atoms with Crippen LogP contribution in [-0.4, -0.2) is 25.8 Å². The van der Waals surface area contributed by atoms with E-state index in [1.807, 2.05) is 0 Å². The topological polar surface area (TPSA) is 43.1 Å². The normalized spacial score (nSPS) is 24.2. The average Bonchev–Trinajstić information content (AvgIpc) is 2.83. The minimum Gasteiger partial charge on any atom is -0.282 e. The van der Waals surface area contributed by atoms with Gasteiger partial charge in [0, 0.05) is 18.3 Å². The Morgan fingerprint density at radius 2 is 1.85 bits per heavy atom. The van der Waals surface area contributed by atoms with Crippen molar-refractivity contribution in [2.45, 2.75) is 37.8 Å². The fraction of sp³-hybridized carbons (Fsp3) is 0.583. The van der Waals surface area contributed by atoms with E-state index in [4.69, 9.17) is 11.6 Å². The lowest BCUT2D eigenvalue weighted by atomic mass is 9.81. The van der Waals surface area contributed by atoms with E-state index in [1.165, 1.54) is 6.20 Å². The summed E-state index contributed by atoms with van der Waals surface area (Å²) < 4.78 is 39.7. The predicted octanol–water partition coefficient (Wildman–Crippen LogP) is 3.61. The second-order valence-electron chi connectivity index (χ2n) is 5.06. The van der Waals surface area contributed by atoms with Crippen molar-refractivity contribution in [1.29, 1.82) is 0 Å². The summed E-state index contributed by atoms with van der Waals surface area (Å²) in [4.78, 5) is 3.90. The van der Waals surface area contributed by atoms with Crippen LogP contribution in [0.25, 0.3) is 5.65 Å². The fourth-order valence-corrected chi connectivity index (χ4v) is 2.96. The summed E-state index contributed by atoms with van der Waals surface area (Å²) in [7, 11) is 0. The molecule has 108 valence electrons. The molecule has 1 aliphatic carbocycles. The second kappa shape index (κ2) is 4.87. The maximum absolute atomic E-state index is 12.7. The summed E-state index contributed by atoms with van der Waals surface area (Å²) in [5, 5.41) is 8.28. The highest BCUT2D eigenvalue weighted by Crippen LogP contribution is 2.42. The molecule has 0 amide bonds. The first-order chi connectivity index (χ1) is 9.47. The molecule has 0 aliphatic heterocycles. The summed E-state index contributed by atoms with van der Waals surface area (Å²) in [5.41, 5.74) is 0.446. The Bertz CT molecular complexity index is 617. The van der Waals surface area contributed by atoms with Gasteiger partial charge in [-0.15, -0.1) is 10.2 Å². The zero-order valence-electron chi connectivity index (χ0n) is 10.4. The van der Waals surface area contributed by atoms with E-state index < -0.39 is 12.1 Å². The number of hydrogen-bond donors (Lipinski definition) is 0. The Morgan fingerprint density at radius 3 is 2.50 bits per heavy atom. The smallest absolute Gasteiger partial charge is 0.282 e. The summed E-state index contributed by atoms with van der Waals surface area (Å²) in [6.45, 7) is 0. The molecule has 20 heavy (non-hydrogen) atoms. The van der Waals surface area contributed by atoms with Crippen molar-refractivity contribution in [3.63, 3.8) is 0 Å². The predicted molar refractivity (Wildman–Crippen MR) is 66.5 cm³/mol. The Balaban J connectivity index is 1.82. The van der Waals surface area contributed by atoms with Crippen LogP contribution in [-0.2, 0) is 0 Å². The van der Waals surface area contributed by atoms with Gasteiger partial charge in [-0.2, -0.15) is 13.2 Å². The van der Waals surface area contributed by atoms with E-state index in [0.29, 0.717) is 24.3 Å². The summed E-state index contributed by atoms with van der Waals surface area (Å²) in [6, 6.07) is 0. The molecule has 2 aromatic heterocycles. The Hall–Kier alpha value is -1.37. The van der Waals surface area contributed by atoms with Crippen molar-refractivity contribution < 1.29 is 13.2 Å².